The topological polar surface area (TPSA) is 63.0 Å². The highest BCUT2D eigenvalue weighted by molar-refractivity contribution is 7.10. The van der Waals surface area contributed by atoms with Gasteiger partial charge in [0.2, 0.25) is 5.91 Å². The summed E-state index contributed by atoms with van der Waals surface area (Å²) in [5, 5.41) is 2.08. The summed E-state index contributed by atoms with van der Waals surface area (Å²) in [6, 6.07) is 13.3. The molecule has 0 saturated carbocycles. The van der Waals surface area contributed by atoms with Crippen LogP contribution in [0, 0.1) is 0 Å². The van der Waals surface area contributed by atoms with Crippen molar-refractivity contribution in [1.82, 2.24) is 9.80 Å². The van der Waals surface area contributed by atoms with Crippen LogP contribution < -0.4 is 4.74 Å². The fraction of sp³-hybridized carbons (Fsp3) is 0.429. The van der Waals surface area contributed by atoms with Crippen molar-refractivity contribution >= 4 is 23.2 Å². The molecule has 2 atom stereocenters. The largest absolute Gasteiger partial charge is 0.491 e. The Balaban J connectivity index is 1.52. The summed E-state index contributed by atoms with van der Waals surface area (Å²) in [4.78, 5) is 31.5. The molecule has 2 amide bonds. The van der Waals surface area contributed by atoms with Gasteiger partial charge in [-0.1, -0.05) is 32.9 Å². The zero-order valence-electron chi connectivity index (χ0n) is 20.9. The van der Waals surface area contributed by atoms with Gasteiger partial charge in [0.1, 0.15) is 18.9 Å². The summed E-state index contributed by atoms with van der Waals surface area (Å²) in [6.45, 7) is 9.28. The molecule has 0 N–H and O–H groups in total. The minimum absolute atomic E-state index is 0.00754. The first kappa shape index (κ1) is 25.0. The molecule has 1 aromatic carbocycles. The van der Waals surface area contributed by atoms with Crippen molar-refractivity contribution in [3.05, 3.63) is 75.9 Å². The summed E-state index contributed by atoms with van der Waals surface area (Å²) in [6.07, 6.45) is 3.04. The van der Waals surface area contributed by atoms with Crippen molar-refractivity contribution in [2.75, 3.05) is 19.7 Å². The predicted octanol–water partition coefficient (Wildman–Crippen LogP) is 5.91. The van der Waals surface area contributed by atoms with Crippen LogP contribution in [0.15, 0.2) is 58.5 Å². The third-order valence-corrected chi connectivity index (χ3v) is 7.79. The lowest BCUT2D eigenvalue weighted by Gasteiger charge is -2.38. The van der Waals surface area contributed by atoms with Gasteiger partial charge in [-0.25, -0.2) is 0 Å². The average Bonchev–Trinajstić information content (AvgIpc) is 3.57. The SMILES string of the molecule is CC[C@H](C)N(CC(=O)N1CCc2sccc2[C@H]1COc1ccc(C(C)C)cc1)C(=O)c1ccco1. The molecule has 0 spiro atoms. The number of nitrogens with zero attached hydrogens (tertiary/aromatic N) is 2. The van der Waals surface area contributed by atoms with Gasteiger partial charge in [0.15, 0.2) is 5.76 Å². The summed E-state index contributed by atoms with van der Waals surface area (Å²) in [7, 11) is 0. The number of thiophene rings is 1. The summed E-state index contributed by atoms with van der Waals surface area (Å²) in [5.41, 5.74) is 2.40. The van der Waals surface area contributed by atoms with Crippen LogP contribution in [-0.2, 0) is 11.2 Å². The third-order valence-electron chi connectivity index (χ3n) is 6.79. The van der Waals surface area contributed by atoms with Gasteiger partial charge >= 0.3 is 0 Å². The number of furan rings is 1. The van der Waals surface area contributed by atoms with E-state index in [4.69, 9.17) is 9.15 Å². The second-order valence-corrected chi connectivity index (χ2v) is 10.4. The maximum Gasteiger partial charge on any atom is 0.290 e. The maximum atomic E-state index is 13.6. The van der Waals surface area contributed by atoms with Gasteiger partial charge in [-0.2, -0.15) is 0 Å². The Morgan fingerprint density at radius 2 is 1.94 bits per heavy atom. The Labute approximate surface area is 211 Å². The van der Waals surface area contributed by atoms with Crippen LogP contribution in [0.3, 0.4) is 0 Å². The van der Waals surface area contributed by atoms with E-state index in [0.717, 1.165) is 24.2 Å². The van der Waals surface area contributed by atoms with E-state index < -0.39 is 0 Å². The van der Waals surface area contributed by atoms with Crippen LogP contribution >= 0.6 is 11.3 Å². The van der Waals surface area contributed by atoms with E-state index in [1.807, 2.05) is 30.9 Å². The quantitative estimate of drug-likeness (QED) is 0.371. The zero-order valence-corrected chi connectivity index (χ0v) is 21.7. The number of carbonyl (C=O) groups is 2. The Bertz CT molecular complexity index is 1120. The van der Waals surface area contributed by atoms with Crippen molar-refractivity contribution in [3.63, 3.8) is 0 Å². The number of amides is 2. The molecule has 1 aliphatic heterocycles. The fourth-order valence-electron chi connectivity index (χ4n) is 4.43. The van der Waals surface area contributed by atoms with Gasteiger partial charge in [0.25, 0.3) is 5.91 Å². The van der Waals surface area contributed by atoms with Gasteiger partial charge in [0, 0.05) is 17.5 Å². The van der Waals surface area contributed by atoms with E-state index in [1.54, 1.807) is 28.4 Å². The number of benzene rings is 1. The van der Waals surface area contributed by atoms with E-state index in [2.05, 4.69) is 37.4 Å². The molecular weight excluding hydrogens is 460 g/mol. The molecule has 35 heavy (non-hydrogen) atoms. The number of hydrogen-bond donors (Lipinski definition) is 0. The van der Waals surface area contributed by atoms with Gasteiger partial charge in [-0.15, -0.1) is 11.3 Å². The summed E-state index contributed by atoms with van der Waals surface area (Å²) in [5.74, 6) is 1.16. The first-order valence-electron chi connectivity index (χ1n) is 12.3. The third kappa shape index (κ3) is 5.61. The Morgan fingerprint density at radius 1 is 1.17 bits per heavy atom. The molecular formula is C28H34N2O4S. The minimum atomic E-state index is -0.260. The first-order chi connectivity index (χ1) is 16.9. The van der Waals surface area contributed by atoms with Crippen molar-refractivity contribution in [1.29, 1.82) is 0 Å². The number of rotatable bonds is 9. The van der Waals surface area contributed by atoms with Crippen LogP contribution in [-0.4, -0.2) is 47.4 Å². The zero-order chi connectivity index (χ0) is 24.9. The van der Waals surface area contributed by atoms with Gasteiger partial charge < -0.3 is 19.0 Å². The Morgan fingerprint density at radius 3 is 2.60 bits per heavy atom. The smallest absolute Gasteiger partial charge is 0.290 e. The number of ether oxygens (including phenoxy) is 1. The summed E-state index contributed by atoms with van der Waals surface area (Å²) >= 11 is 1.72. The molecule has 0 radical (unpaired) electrons. The number of fused-ring (bicyclic) bond motifs is 1. The van der Waals surface area contributed by atoms with E-state index in [9.17, 15) is 9.59 Å². The van der Waals surface area contributed by atoms with Gasteiger partial charge in [0.05, 0.1) is 12.3 Å². The molecule has 0 saturated heterocycles. The second kappa shape index (κ2) is 11.1. The van der Waals surface area contributed by atoms with Crippen molar-refractivity contribution in [2.45, 2.75) is 58.5 Å². The minimum Gasteiger partial charge on any atom is -0.491 e. The standard InChI is InChI=1S/C28H34N2O4S/c1-5-20(4)30(28(32)25-7-6-15-33-25)17-27(31)29-14-12-26-23(13-16-35-26)24(29)18-34-22-10-8-21(9-11-22)19(2)3/h6-11,13,15-16,19-20,24H,5,12,14,17-18H2,1-4H3/t20-,24+/m0/s1. The van der Waals surface area contributed by atoms with E-state index in [1.165, 1.54) is 16.7 Å². The lowest BCUT2D eigenvalue weighted by Crippen LogP contribution is -2.49. The lowest BCUT2D eigenvalue weighted by atomic mass is 10.00. The van der Waals surface area contributed by atoms with Crippen LogP contribution in [0.1, 0.15) is 72.6 Å². The fourth-order valence-corrected chi connectivity index (χ4v) is 5.35. The molecule has 0 fully saturated rings. The van der Waals surface area contributed by atoms with Gasteiger partial charge in [-0.05, 0) is 72.5 Å². The predicted molar refractivity (Wildman–Crippen MR) is 138 cm³/mol. The Hall–Kier alpha value is -3.06. The van der Waals surface area contributed by atoms with Crippen molar-refractivity contribution in [2.24, 2.45) is 0 Å². The first-order valence-corrected chi connectivity index (χ1v) is 13.2. The Kier molecular flexibility index (Phi) is 7.96. The second-order valence-electron chi connectivity index (χ2n) is 9.35. The number of hydrogen-bond acceptors (Lipinski definition) is 5. The normalized spacial score (nSPS) is 16.1. The van der Waals surface area contributed by atoms with E-state index in [-0.39, 0.29) is 36.2 Å². The van der Waals surface area contributed by atoms with Crippen LogP contribution in [0.2, 0.25) is 0 Å². The molecule has 0 bridgehead atoms. The molecule has 186 valence electrons. The molecule has 2 aromatic heterocycles. The summed E-state index contributed by atoms with van der Waals surface area (Å²) < 4.78 is 11.5. The molecule has 3 aromatic rings. The van der Waals surface area contributed by atoms with Crippen LogP contribution in [0.4, 0.5) is 0 Å². The number of carbonyl (C=O) groups excluding carboxylic acids is 2. The van der Waals surface area contributed by atoms with Crippen molar-refractivity contribution in [3.8, 4) is 5.75 Å². The van der Waals surface area contributed by atoms with Crippen LogP contribution in [0.25, 0.3) is 0 Å². The molecule has 3 heterocycles. The average molecular weight is 495 g/mol. The monoisotopic (exact) mass is 494 g/mol. The van der Waals surface area contributed by atoms with E-state index in [0.29, 0.717) is 19.1 Å². The lowest BCUT2D eigenvalue weighted by molar-refractivity contribution is -0.136. The molecule has 0 unspecified atom stereocenters. The highest BCUT2D eigenvalue weighted by Crippen LogP contribution is 2.34. The van der Waals surface area contributed by atoms with E-state index >= 15 is 0 Å². The molecule has 1 aliphatic rings. The highest BCUT2D eigenvalue weighted by Gasteiger charge is 2.34. The molecule has 0 aliphatic carbocycles. The molecule has 7 heteroatoms. The molecule has 4 rings (SSSR count). The maximum absolute atomic E-state index is 13.6. The van der Waals surface area contributed by atoms with Crippen LogP contribution in [0.5, 0.6) is 5.75 Å². The highest BCUT2D eigenvalue weighted by atomic mass is 32.1. The van der Waals surface area contributed by atoms with Gasteiger partial charge in [-0.3, -0.25) is 9.59 Å². The molecule has 6 nitrogen and oxygen atoms in total. The van der Waals surface area contributed by atoms with Crippen molar-refractivity contribution < 1.29 is 18.7 Å².